The van der Waals surface area contributed by atoms with Gasteiger partial charge in [-0.25, -0.2) is 13.1 Å². The zero-order chi connectivity index (χ0) is 20.2. The second kappa shape index (κ2) is 8.23. The molecule has 27 heavy (non-hydrogen) atoms. The van der Waals surface area contributed by atoms with Gasteiger partial charge in [0.2, 0.25) is 10.0 Å². The Labute approximate surface area is 162 Å². The summed E-state index contributed by atoms with van der Waals surface area (Å²) in [4.78, 5) is 12.8. The van der Waals surface area contributed by atoms with Gasteiger partial charge in [-0.3, -0.25) is 4.79 Å². The van der Waals surface area contributed by atoms with Crippen LogP contribution in [0.4, 0.5) is 5.69 Å². The molecule has 0 radical (unpaired) electrons. The largest absolute Gasteiger partial charge is 0.322 e. The van der Waals surface area contributed by atoms with Crippen molar-refractivity contribution in [2.24, 2.45) is 5.92 Å². The molecule has 0 bridgehead atoms. The van der Waals surface area contributed by atoms with E-state index < -0.39 is 10.0 Å². The first kappa shape index (κ1) is 21.1. The van der Waals surface area contributed by atoms with Gasteiger partial charge in [-0.15, -0.1) is 0 Å². The standard InChI is InChI=1S/C21H28N2O3S/c1-15(2)14-22-27(25,26)17-10-8-9-16(13-17)20(24)23-19-12-7-6-11-18(19)21(3,4)5/h6-13,15,22H,14H2,1-5H3,(H,23,24). The van der Waals surface area contributed by atoms with Crippen LogP contribution in [0.2, 0.25) is 0 Å². The maximum atomic E-state index is 12.7. The SMILES string of the molecule is CC(C)CNS(=O)(=O)c1cccc(C(=O)Nc2ccccc2C(C)(C)C)c1. The third-order valence-electron chi connectivity index (χ3n) is 4.07. The Kier molecular flexibility index (Phi) is 6.44. The molecular formula is C21H28N2O3S. The number of benzene rings is 2. The number of hydrogen-bond acceptors (Lipinski definition) is 3. The van der Waals surface area contributed by atoms with Crippen molar-refractivity contribution < 1.29 is 13.2 Å². The van der Waals surface area contributed by atoms with Gasteiger partial charge in [0, 0.05) is 17.8 Å². The Balaban J connectivity index is 2.27. The minimum absolute atomic E-state index is 0.0832. The minimum atomic E-state index is -3.65. The normalized spacial score (nSPS) is 12.2. The maximum Gasteiger partial charge on any atom is 0.255 e. The molecule has 6 heteroatoms. The van der Waals surface area contributed by atoms with Crippen molar-refractivity contribution in [1.82, 2.24) is 4.72 Å². The molecule has 2 rings (SSSR count). The highest BCUT2D eigenvalue weighted by atomic mass is 32.2. The van der Waals surface area contributed by atoms with Gasteiger partial charge in [-0.1, -0.05) is 58.9 Å². The van der Waals surface area contributed by atoms with E-state index in [-0.39, 0.29) is 22.1 Å². The van der Waals surface area contributed by atoms with E-state index in [1.165, 1.54) is 12.1 Å². The number of hydrogen-bond donors (Lipinski definition) is 2. The third kappa shape index (κ3) is 5.65. The fraction of sp³-hybridized carbons (Fsp3) is 0.381. The summed E-state index contributed by atoms with van der Waals surface area (Å²) in [6.45, 7) is 10.4. The van der Waals surface area contributed by atoms with Crippen LogP contribution < -0.4 is 10.0 Å². The van der Waals surface area contributed by atoms with Crippen LogP contribution in [-0.2, 0) is 15.4 Å². The van der Waals surface area contributed by atoms with Crippen molar-refractivity contribution in [3.05, 3.63) is 59.7 Å². The molecule has 5 nitrogen and oxygen atoms in total. The highest BCUT2D eigenvalue weighted by molar-refractivity contribution is 7.89. The van der Waals surface area contributed by atoms with Gasteiger partial charge in [-0.05, 0) is 41.2 Å². The Morgan fingerprint density at radius 2 is 1.70 bits per heavy atom. The first-order valence-corrected chi connectivity index (χ1v) is 10.5. The molecular weight excluding hydrogens is 360 g/mol. The zero-order valence-electron chi connectivity index (χ0n) is 16.5. The molecule has 2 aromatic rings. The summed E-state index contributed by atoms with van der Waals surface area (Å²) in [5.74, 6) is -0.146. The second-order valence-electron chi connectivity index (χ2n) is 8.02. The second-order valence-corrected chi connectivity index (χ2v) is 9.79. The summed E-state index contributed by atoms with van der Waals surface area (Å²) in [7, 11) is -3.65. The highest BCUT2D eigenvalue weighted by Gasteiger charge is 2.20. The number of anilines is 1. The summed E-state index contributed by atoms with van der Waals surface area (Å²) in [6.07, 6.45) is 0. The molecule has 0 aliphatic rings. The van der Waals surface area contributed by atoms with Crippen molar-refractivity contribution in [1.29, 1.82) is 0 Å². The predicted molar refractivity (Wildman–Crippen MR) is 110 cm³/mol. The van der Waals surface area contributed by atoms with Gasteiger partial charge >= 0.3 is 0 Å². The lowest BCUT2D eigenvalue weighted by molar-refractivity contribution is 0.102. The summed E-state index contributed by atoms with van der Waals surface area (Å²) >= 11 is 0. The third-order valence-corrected chi connectivity index (χ3v) is 5.49. The van der Waals surface area contributed by atoms with E-state index in [2.05, 4.69) is 30.8 Å². The summed E-state index contributed by atoms with van der Waals surface area (Å²) in [6, 6.07) is 13.7. The fourth-order valence-corrected chi connectivity index (χ4v) is 3.86. The molecule has 2 aromatic carbocycles. The lowest BCUT2D eigenvalue weighted by Crippen LogP contribution is -2.27. The smallest absolute Gasteiger partial charge is 0.255 e. The predicted octanol–water partition coefficient (Wildman–Crippen LogP) is 4.17. The van der Waals surface area contributed by atoms with E-state index in [4.69, 9.17) is 0 Å². The number of carbonyl (C=O) groups is 1. The number of rotatable bonds is 6. The van der Waals surface area contributed by atoms with Crippen LogP contribution in [0.5, 0.6) is 0 Å². The van der Waals surface area contributed by atoms with Crippen LogP contribution in [0, 0.1) is 5.92 Å². The van der Waals surface area contributed by atoms with E-state index in [0.29, 0.717) is 12.1 Å². The van der Waals surface area contributed by atoms with E-state index in [1.54, 1.807) is 12.1 Å². The first-order valence-electron chi connectivity index (χ1n) is 9.01. The van der Waals surface area contributed by atoms with Crippen LogP contribution in [0.25, 0.3) is 0 Å². The van der Waals surface area contributed by atoms with Crippen LogP contribution >= 0.6 is 0 Å². The van der Waals surface area contributed by atoms with E-state index in [0.717, 1.165) is 11.3 Å². The maximum absolute atomic E-state index is 12.7. The fourth-order valence-electron chi connectivity index (χ4n) is 2.60. The highest BCUT2D eigenvalue weighted by Crippen LogP contribution is 2.29. The van der Waals surface area contributed by atoms with Crippen molar-refractivity contribution in [2.45, 2.75) is 44.9 Å². The molecule has 0 heterocycles. The van der Waals surface area contributed by atoms with Gasteiger partial charge in [0.1, 0.15) is 0 Å². The Hall–Kier alpha value is -2.18. The van der Waals surface area contributed by atoms with Crippen molar-refractivity contribution in [3.8, 4) is 0 Å². The lowest BCUT2D eigenvalue weighted by atomic mass is 9.86. The topological polar surface area (TPSA) is 75.3 Å². The number of sulfonamides is 1. The van der Waals surface area contributed by atoms with Crippen LogP contribution in [0.3, 0.4) is 0 Å². The monoisotopic (exact) mass is 388 g/mol. The molecule has 0 saturated heterocycles. The summed E-state index contributed by atoms with van der Waals surface area (Å²) in [5.41, 5.74) is 1.91. The molecule has 2 N–H and O–H groups in total. The van der Waals surface area contributed by atoms with E-state index >= 15 is 0 Å². The number of carbonyl (C=O) groups excluding carboxylic acids is 1. The zero-order valence-corrected chi connectivity index (χ0v) is 17.4. The molecule has 0 atom stereocenters. The average molecular weight is 389 g/mol. The van der Waals surface area contributed by atoms with E-state index in [9.17, 15) is 13.2 Å². The number of nitrogens with one attached hydrogen (secondary N) is 2. The van der Waals surface area contributed by atoms with Crippen LogP contribution in [-0.4, -0.2) is 20.9 Å². The summed E-state index contributed by atoms with van der Waals surface area (Å²) in [5, 5.41) is 2.91. The first-order chi connectivity index (χ1) is 12.5. The quantitative estimate of drug-likeness (QED) is 0.780. The Morgan fingerprint density at radius 1 is 1.04 bits per heavy atom. The molecule has 0 saturated carbocycles. The molecule has 146 valence electrons. The van der Waals surface area contributed by atoms with Crippen molar-refractivity contribution >= 4 is 21.6 Å². The molecule has 0 aliphatic heterocycles. The molecule has 1 amide bonds. The Bertz CT molecular complexity index is 913. The van der Waals surface area contributed by atoms with Crippen molar-refractivity contribution in [2.75, 3.05) is 11.9 Å². The van der Waals surface area contributed by atoms with Gasteiger partial charge in [0.25, 0.3) is 5.91 Å². The average Bonchev–Trinajstić information content (AvgIpc) is 2.60. The molecule has 0 aliphatic carbocycles. The van der Waals surface area contributed by atoms with Gasteiger partial charge < -0.3 is 5.32 Å². The molecule has 0 spiro atoms. The molecule has 0 fully saturated rings. The van der Waals surface area contributed by atoms with Crippen LogP contribution in [0.15, 0.2) is 53.4 Å². The summed E-state index contributed by atoms with van der Waals surface area (Å²) < 4.78 is 27.4. The van der Waals surface area contributed by atoms with E-state index in [1.807, 2.05) is 38.1 Å². The van der Waals surface area contributed by atoms with Gasteiger partial charge in [0.15, 0.2) is 0 Å². The molecule has 0 unspecified atom stereocenters. The molecule has 0 aromatic heterocycles. The number of para-hydroxylation sites is 1. The van der Waals surface area contributed by atoms with Crippen LogP contribution in [0.1, 0.15) is 50.5 Å². The van der Waals surface area contributed by atoms with Crippen molar-refractivity contribution in [3.63, 3.8) is 0 Å². The van der Waals surface area contributed by atoms with Gasteiger partial charge in [0.05, 0.1) is 4.90 Å². The van der Waals surface area contributed by atoms with Gasteiger partial charge in [-0.2, -0.15) is 0 Å². The Morgan fingerprint density at radius 3 is 2.33 bits per heavy atom. The lowest BCUT2D eigenvalue weighted by Gasteiger charge is -2.23. The minimum Gasteiger partial charge on any atom is -0.322 e. The number of amides is 1.